The zero-order valence-corrected chi connectivity index (χ0v) is 14.6. The first kappa shape index (κ1) is 17.6. The summed E-state index contributed by atoms with van der Waals surface area (Å²) < 4.78 is 3.06. The predicted molar refractivity (Wildman–Crippen MR) is 92.6 cm³/mol. The van der Waals surface area contributed by atoms with Gasteiger partial charge in [-0.3, -0.25) is 9.59 Å². The number of hydrogen-bond acceptors (Lipinski definition) is 3. The topological polar surface area (TPSA) is 59.3 Å². The second-order valence-corrected chi connectivity index (χ2v) is 6.20. The van der Waals surface area contributed by atoms with Gasteiger partial charge in [-0.1, -0.05) is 23.2 Å². The summed E-state index contributed by atoms with van der Waals surface area (Å²) in [6.07, 6.45) is 1.62. The number of amides is 1. The maximum Gasteiger partial charge on any atom is 0.272 e. The van der Waals surface area contributed by atoms with Crippen molar-refractivity contribution in [3.05, 3.63) is 50.6 Å². The van der Waals surface area contributed by atoms with Crippen molar-refractivity contribution in [2.45, 2.75) is 6.54 Å². The number of carbonyl (C=O) groups is 1. The number of rotatable bonds is 5. The van der Waals surface area contributed by atoms with Crippen LogP contribution in [0.4, 0.5) is 5.69 Å². The molecular formula is C15H18Cl2N4O2. The lowest BCUT2D eigenvalue weighted by molar-refractivity contribution is 0.101. The molecule has 0 saturated carbocycles. The van der Waals surface area contributed by atoms with E-state index in [0.29, 0.717) is 28.1 Å². The molecule has 0 fully saturated rings. The number of carbonyl (C=O) groups excluding carboxylic acids is 1. The molecule has 0 atom stereocenters. The van der Waals surface area contributed by atoms with Crippen LogP contribution in [-0.4, -0.2) is 40.6 Å². The van der Waals surface area contributed by atoms with Crippen LogP contribution in [0.15, 0.2) is 29.2 Å². The van der Waals surface area contributed by atoms with Gasteiger partial charge in [-0.2, -0.15) is 0 Å². The number of nitrogens with one attached hydrogen (secondary N) is 1. The molecule has 0 aliphatic rings. The van der Waals surface area contributed by atoms with E-state index in [2.05, 4.69) is 5.32 Å². The third kappa shape index (κ3) is 4.16. The third-order valence-electron chi connectivity index (χ3n) is 3.38. The number of aromatic nitrogens is 2. The van der Waals surface area contributed by atoms with Crippen LogP contribution in [-0.2, 0) is 13.6 Å². The molecule has 2 rings (SSSR count). The molecule has 0 bridgehead atoms. The summed E-state index contributed by atoms with van der Waals surface area (Å²) in [7, 11) is 5.51. The lowest BCUT2D eigenvalue weighted by atomic mass is 10.3. The van der Waals surface area contributed by atoms with Crippen LogP contribution in [0.2, 0.25) is 10.2 Å². The zero-order valence-electron chi connectivity index (χ0n) is 13.1. The first-order chi connectivity index (χ1) is 10.8. The first-order valence-electron chi connectivity index (χ1n) is 6.97. The Morgan fingerprint density at radius 2 is 2.00 bits per heavy atom. The minimum atomic E-state index is -0.348. The molecule has 0 saturated heterocycles. The average molecular weight is 357 g/mol. The monoisotopic (exact) mass is 356 g/mol. The quantitative estimate of drug-likeness (QED) is 0.894. The number of pyridine rings is 1. The number of nitrogens with zero attached hydrogens (tertiary/aromatic N) is 3. The van der Waals surface area contributed by atoms with E-state index < -0.39 is 0 Å². The molecule has 0 spiro atoms. The molecule has 0 aliphatic carbocycles. The summed E-state index contributed by atoms with van der Waals surface area (Å²) >= 11 is 11.9. The molecule has 2 aromatic rings. The maximum atomic E-state index is 12.3. The zero-order chi connectivity index (χ0) is 17.1. The Balaban J connectivity index is 2.19. The van der Waals surface area contributed by atoms with Gasteiger partial charge in [0.2, 0.25) is 0 Å². The van der Waals surface area contributed by atoms with E-state index in [9.17, 15) is 9.59 Å². The van der Waals surface area contributed by atoms with Gasteiger partial charge in [0.25, 0.3) is 11.5 Å². The second-order valence-electron chi connectivity index (χ2n) is 5.43. The Kier molecular flexibility index (Phi) is 5.51. The fourth-order valence-corrected chi connectivity index (χ4v) is 2.42. The maximum absolute atomic E-state index is 12.3. The van der Waals surface area contributed by atoms with Gasteiger partial charge in [-0.15, -0.1) is 0 Å². The smallest absolute Gasteiger partial charge is 0.272 e. The van der Waals surface area contributed by atoms with Crippen LogP contribution in [0.3, 0.4) is 0 Å². The molecule has 0 radical (unpaired) electrons. The Morgan fingerprint density at radius 3 is 2.57 bits per heavy atom. The van der Waals surface area contributed by atoms with Crippen LogP contribution in [0.1, 0.15) is 10.5 Å². The van der Waals surface area contributed by atoms with Crippen LogP contribution in [0.25, 0.3) is 0 Å². The summed E-state index contributed by atoms with van der Waals surface area (Å²) in [5.74, 6) is -0.348. The van der Waals surface area contributed by atoms with Gasteiger partial charge in [-0.25, -0.2) is 0 Å². The fraction of sp³-hybridized carbons (Fsp3) is 0.333. The summed E-state index contributed by atoms with van der Waals surface area (Å²) in [6.45, 7) is 1.26. The van der Waals surface area contributed by atoms with Gasteiger partial charge in [0.05, 0.1) is 10.7 Å². The largest absolute Gasteiger partial charge is 0.329 e. The molecule has 6 nitrogen and oxygen atoms in total. The van der Waals surface area contributed by atoms with Crippen LogP contribution in [0, 0.1) is 0 Å². The van der Waals surface area contributed by atoms with Crippen molar-refractivity contribution < 1.29 is 4.79 Å². The summed E-state index contributed by atoms with van der Waals surface area (Å²) in [5.41, 5.74) is 0.752. The fourth-order valence-electron chi connectivity index (χ4n) is 2.04. The molecule has 0 aromatic carbocycles. The molecule has 8 heteroatoms. The minimum absolute atomic E-state index is 0.116. The Bertz CT molecular complexity index is 780. The Labute approximate surface area is 144 Å². The molecule has 2 heterocycles. The Morgan fingerprint density at radius 1 is 1.30 bits per heavy atom. The van der Waals surface area contributed by atoms with Gasteiger partial charge in [0.1, 0.15) is 10.8 Å². The van der Waals surface area contributed by atoms with E-state index in [1.165, 1.54) is 16.7 Å². The van der Waals surface area contributed by atoms with Gasteiger partial charge in [-0.05, 0) is 26.2 Å². The minimum Gasteiger partial charge on any atom is -0.329 e. The SMILES string of the molecule is CN(C)CCn1cc(NC(=O)c2cc(Cl)c(Cl)n2C)ccc1=O. The summed E-state index contributed by atoms with van der Waals surface area (Å²) in [5, 5.41) is 3.36. The Hall–Kier alpha value is -1.76. The third-order valence-corrected chi connectivity index (χ3v) is 4.22. The van der Waals surface area contributed by atoms with Crippen molar-refractivity contribution in [3.8, 4) is 0 Å². The van der Waals surface area contributed by atoms with Crippen molar-refractivity contribution in [2.24, 2.45) is 7.05 Å². The van der Waals surface area contributed by atoms with E-state index in [4.69, 9.17) is 23.2 Å². The van der Waals surface area contributed by atoms with E-state index in [1.54, 1.807) is 23.9 Å². The molecular weight excluding hydrogens is 339 g/mol. The van der Waals surface area contributed by atoms with Crippen LogP contribution < -0.4 is 10.9 Å². The highest BCUT2D eigenvalue weighted by atomic mass is 35.5. The van der Waals surface area contributed by atoms with Crippen molar-refractivity contribution in [1.82, 2.24) is 14.0 Å². The van der Waals surface area contributed by atoms with Crippen molar-refractivity contribution in [1.29, 1.82) is 0 Å². The average Bonchev–Trinajstić information content (AvgIpc) is 2.75. The van der Waals surface area contributed by atoms with Crippen molar-refractivity contribution in [3.63, 3.8) is 0 Å². The second kappa shape index (κ2) is 7.21. The highest BCUT2D eigenvalue weighted by Crippen LogP contribution is 2.25. The molecule has 1 amide bonds. The number of anilines is 1. The van der Waals surface area contributed by atoms with E-state index in [-0.39, 0.29) is 11.5 Å². The molecule has 0 aliphatic heterocycles. The number of hydrogen-bond donors (Lipinski definition) is 1. The van der Waals surface area contributed by atoms with E-state index in [0.717, 1.165) is 6.54 Å². The molecule has 124 valence electrons. The lowest BCUT2D eigenvalue weighted by Crippen LogP contribution is -2.26. The highest BCUT2D eigenvalue weighted by molar-refractivity contribution is 6.42. The van der Waals surface area contributed by atoms with Crippen LogP contribution >= 0.6 is 23.2 Å². The van der Waals surface area contributed by atoms with E-state index >= 15 is 0 Å². The van der Waals surface area contributed by atoms with Gasteiger partial charge in [0, 0.05) is 32.4 Å². The summed E-state index contributed by atoms with van der Waals surface area (Å²) in [4.78, 5) is 26.1. The first-order valence-corrected chi connectivity index (χ1v) is 7.72. The van der Waals surface area contributed by atoms with Gasteiger partial charge >= 0.3 is 0 Å². The van der Waals surface area contributed by atoms with Gasteiger partial charge in [0.15, 0.2) is 0 Å². The number of halogens is 2. The molecule has 1 N–H and O–H groups in total. The highest BCUT2D eigenvalue weighted by Gasteiger charge is 2.16. The lowest BCUT2D eigenvalue weighted by Gasteiger charge is -2.13. The standard InChI is InChI=1S/C15H18Cl2N4O2/c1-19(2)6-7-21-9-10(4-5-13(21)22)18-15(23)12-8-11(16)14(17)20(12)3/h4-5,8-9H,6-7H2,1-3H3,(H,18,23). The molecule has 23 heavy (non-hydrogen) atoms. The van der Waals surface area contributed by atoms with E-state index in [1.807, 2.05) is 19.0 Å². The molecule has 0 unspecified atom stereocenters. The van der Waals surface area contributed by atoms with Crippen LogP contribution in [0.5, 0.6) is 0 Å². The van der Waals surface area contributed by atoms with Gasteiger partial charge < -0.3 is 19.4 Å². The van der Waals surface area contributed by atoms with Crippen molar-refractivity contribution >= 4 is 34.8 Å². The molecule has 2 aromatic heterocycles. The summed E-state index contributed by atoms with van der Waals surface area (Å²) in [6, 6.07) is 4.50. The predicted octanol–water partition coefficient (Wildman–Crippen LogP) is 2.31. The normalized spacial score (nSPS) is 11.0. The van der Waals surface area contributed by atoms with Crippen molar-refractivity contribution in [2.75, 3.05) is 26.0 Å². The number of likely N-dealkylation sites (N-methyl/N-ethyl adjacent to an activating group) is 1.